The van der Waals surface area contributed by atoms with E-state index in [1.165, 1.54) is 0 Å². The fraction of sp³-hybridized carbons (Fsp3) is 0.593. The number of nitrogens with zero attached hydrogens (tertiary/aromatic N) is 2. The van der Waals surface area contributed by atoms with Gasteiger partial charge in [0, 0.05) is 17.3 Å². The summed E-state index contributed by atoms with van der Waals surface area (Å²) in [5, 5.41) is 10.5. The van der Waals surface area contributed by atoms with Crippen LogP contribution < -0.4 is 0 Å². The standard InChI is InChI=1S/C27H36N2O5S/c1-6-15-28(17(3)4)24(32)22-27-14-13-26(5,35-27)21(25(33)34-7-2)20(27)23(31)29(22)19(16-30)18-11-9-8-10-12-18/h6,8-12,17,19-22,30H,1,7,13-16H2,2-5H3/t19-,20+,21+,22?,26-,27?/m1/s1. The highest BCUT2D eigenvalue weighted by atomic mass is 32.2. The van der Waals surface area contributed by atoms with Crippen molar-refractivity contribution in [3.8, 4) is 0 Å². The van der Waals surface area contributed by atoms with Crippen molar-refractivity contribution in [2.24, 2.45) is 11.8 Å². The van der Waals surface area contributed by atoms with E-state index in [9.17, 15) is 19.5 Å². The molecule has 2 unspecified atom stereocenters. The van der Waals surface area contributed by atoms with Crippen LogP contribution in [0, 0.1) is 11.8 Å². The molecule has 7 nitrogen and oxygen atoms in total. The van der Waals surface area contributed by atoms with Gasteiger partial charge < -0.3 is 19.6 Å². The Labute approximate surface area is 211 Å². The first-order valence-corrected chi connectivity index (χ1v) is 13.2. The summed E-state index contributed by atoms with van der Waals surface area (Å²) in [6.45, 7) is 11.8. The number of amides is 2. The van der Waals surface area contributed by atoms with E-state index in [-0.39, 0.29) is 37.0 Å². The summed E-state index contributed by atoms with van der Waals surface area (Å²) in [6, 6.07) is 7.72. The number of ether oxygens (including phenoxy) is 1. The minimum Gasteiger partial charge on any atom is -0.466 e. The number of fused-ring (bicyclic) bond motifs is 1. The minimum atomic E-state index is -0.800. The van der Waals surface area contributed by atoms with E-state index in [0.717, 1.165) is 12.0 Å². The van der Waals surface area contributed by atoms with Crippen LogP contribution in [0.1, 0.15) is 52.1 Å². The second-order valence-electron chi connectivity index (χ2n) is 10.2. The quantitative estimate of drug-likeness (QED) is 0.414. The number of aliphatic hydroxyl groups is 1. The van der Waals surface area contributed by atoms with Gasteiger partial charge in [-0.1, -0.05) is 36.4 Å². The highest BCUT2D eigenvalue weighted by Gasteiger charge is 2.78. The Morgan fingerprint density at radius 1 is 1.31 bits per heavy atom. The molecule has 3 aliphatic rings. The van der Waals surface area contributed by atoms with Crippen molar-refractivity contribution < 1.29 is 24.2 Å². The van der Waals surface area contributed by atoms with Crippen LogP contribution in [0.3, 0.4) is 0 Å². The Balaban J connectivity index is 1.87. The Morgan fingerprint density at radius 2 is 2.00 bits per heavy atom. The van der Waals surface area contributed by atoms with Crippen LogP contribution in [-0.2, 0) is 19.1 Å². The molecule has 35 heavy (non-hydrogen) atoms. The van der Waals surface area contributed by atoms with Crippen molar-refractivity contribution in [2.75, 3.05) is 19.8 Å². The first kappa shape index (κ1) is 25.8. The van der Waals surface area contributed by atoms with Crippen LogP contribution in [0.15, 0.2) is 43.0 Å². The van der Waals surface area contributed by atoms with Gasteiger partial charge in [-0.25, -0.2) is 0 Å². The molecule has 3 heterocycles. The number of carbonyl (C=O) groups is 3. The summed E-state index contributed by atoms with van der Waals surface area (Å²) in [5.74, 6) is -2.08. The monoisotopic (exact) mass is 500 g/mol. The predicted molar refractivity (Wildman–Crippen MR) is 136 cm³/mol. The first-order chi connectivity index (χ1) is 16.7. The van der Waals surface area contributed by atoms with Crippen LogP contribution in [-0.4, -0.2) is 74.0 Å². The smallest absolute Gasteiger partial charge is 0.311 e. The van der Waals surface area contributed by atoms with Gasteiger partial charge in [-0.05, 0) is 46.1 Å². The van der Waals surface area contributed by atoms with E-state index in [4.69, 9.17) is 4.74 Å². The highest BCUT2D eigenvalue weighted by molar-refractivity contribution is 8.02. The zero-order valence-corrected chi connectivity index (χ0v) is 21.8. The fourth-order valence-electron chi connectivity index (χ4n) is 6.45. The minimum absolute atomic E-state index is 0.0998. The average molecular weight is 501 g/mol. The predicted octanol–water partition coefficient (Wildman–Crippen LogP) is 3.19. The van der Waals surface area contributed by atoms with Gasteiger partial charge in [0.2, 0.25) is 11.8 Å². The van der Waals surface area contributed by atoms with Gasteiger partial charge in [-0.2, -0.15) is 0 Å². The summed E-state index contributed by atoms with van der Waals surface area (Å²) < 4.78 is 4.22. The normalized spacial score (nSPS) is 32.0. The van der Waals surface area contributed by atoms with E-state index in [1.54, 1.807) is 34.6 Å². The van der Waals surface area contributed by atoms with Crippen LogP contribution >= 0.6 is 11.8 Å². The summed E-state index contributed by atoms with van der Waals surface area (Å²) >= 11 is 1.61. The number of benzene rings is 1. The lowest BCUT2D eigenvalue weighted by molar-refractivity contribution is -0.155. The van der Waals surface area contributed by atoms with E-state index in [0.29, 0.717) is 13.0 Å². The van der Waals surface area contributed by atoms with Gasteiger partial charge in [0.05, 0.1) is 35.8 Å². The molecular weight excluding hydrogens is 464 g/mol. The summed E-state index contributed by atoms with van der Waals surface area (Å²) in [7, 11) is 0. The number of likely N-dealkylation sites (tertiary alicyclic amines) is 1. The second-order valence-corrected chi connectivity index (χ2v) is 12.1. The number of thioether (sulfide) groups is 1. The lowest BCUT2D eigenvalue weighted by atomic mass is 9.66. The molecule has 1 spiro atoms. The van der Waals surface area contributed by atoms with Crippen molar-refractivity contribution in [3.05, 3.63) is 48.6 Å². The maximum Gasteiger partial charge on any atom is 0.311 e. The molecule has 6 atom stereocenters. The third-order valence-electron chi connectivity index (χ3n) is 7.91. The molecule has 3 aliphatic heterocycles. The van der Waals surface area contributed by atoms with Crippen LogP contribution in [0.4, 0.5) is 0 Å². The lowest BCUT2D eigenvalue weighted by Crippen LogP contribution is -2.57. The Bertz CT molecular complexity index is 1000. The van der Waals surface area contributed by atoms with E-state index >= 15 is 0 Å². The topological polar surface area (TPSA) is 87.2 Å². The Morgan fingerprint density at radius 3 is 2.57 bits per heavy atom. The maximum atomic E-state index is 14.3. The third kappa shape index (κ3) is 3.89. The van der Waals surface area contributed by atoms with Gasteiger partial charge >= 0.3 is 5.97 Å². The number of rotatable bonds is 9. The van der Waals surface area contributed by atoms with Gasteiger partial charge in [0.15, 0.2) is 0 Å². The van der Waals surface area contributed by atoms with Crippen LogP contribution in [0.2, 0.25) is 0 Å². The van der Waals surface area contributed by atoms with Gasteiger partial charge in [-0.15, -0.1) is 18.3 Å². The largest absolute Gasteiger partial charge is 0.466 e. The molecule has 4 rings (SSSR count). The highest BCUT2D eigenvalue weighted by Crippen LogP contribution is 2.72. The molecule has 1 N–H and O–H groups in total. The number of hydrogen-bond donors (Lipinski definition) is 1. The van der Waals surface area contributed by atoms with Crippen LogP contribution in [0.5, 0.6) is 0 Å². The summed E-state index contributed by atoms with van der Waals surface area (Å²) in [4.78, 5) is 45.1. The zero-order chi connectivity index (χ0) is 25.5. The average Bonchev–Trinajstić information content (AvgIpc) is 3.39. The molecule has 8 heteroatoms. The number of aliphatic hydroxyl groups excluding tert-OH is 1. The van der Waals surface area contributed by atoms with Gasteiger partial charge in [0.25, 0.3) is 0 Å². The molecule has 1 aromatic rings. The first-order valence-electron chi connectivity index (χ1n) is 12.4. The zero-order valence-electron chi connectivity index (χ0n) is 21.0. The summed E-state index contributed by atoms with van der Waals surface area (Å²) in [6.07, 6.45) is 3.07. The molecule has 1 aromatic carbocycles. The molecule has 0 saturated carbocycles. The second kappa shape index (κ2) is 9.62. The molecule has 190 valence electrons. The third-order valence-corrected chi connectivity index (χ3v) is 9.90. The number of esters is 1. The van der Waals surface area contributed by atoms with E-state index in [2.05, 4.69) is 6.58 Å². The van der Waals surface area contributed by atoms with Crippen molar-refractivity contribution in [3.63, 3.8) is 0 Å². The van der Waals surface area contributed by atoms with Crippen molar-refractivity contribution in [1.82, 2.24) is 9.80 Å². The molecule has 2 bridgehead atoms. The molecule has 0 aromatic heterocycles. The molecule has 2 amide bonds. The van der Waals surface area contributed by atoms with Crippen molar-refractivity contribution in [2.45, 2.75) is 68.2 Å². The lowest BCUT2D eigenvalue weighted by Gasteiger charge is -2.40. The van der Waals surface area contributed by atoms with Crippen LogP contribution in [0.25, 0.3) is 0 Å². The van der Waals surface area contributed by atoms with Crippen molar-refractivity contribution >= 4 is 29.5 Å². The number of carbonyl (C=O) groups excluding carboxylic acids is 3. The fourth-order valence-corrected chi connectivity index (χ4v) is 8.77. The van der Waals surface area contributed by atoms with E-state index in [1.807, 2.05) is 51.1 Å². The van der Waals surface area contributed by atoms with E-state index < -0.39 is 33.4 Å². The maximum absolute atomic E-state index is 14.3. The molecule has 3 saturated heterocycles. The SMILES string of the molecule is C=CCN(C(=O)C1N([C@H](CO)c2ccccc2)C(=O)[C@@H]2[C@@H](C(=O)OCC)[C@@]3(C)CCC12S3)C(C)C. The van der Waals surface area contributed by atoms with Gasteiger partial charge in [0.1, 0.15) is 6.04 Å². The Kier molecular flexibility index (Phi) is 7.08. The molecule has 0 radical (unpaired) electrons. The molecular formula is C27H36N2O5S. The Hall–Kier alpha value is -2.32. The van der Waals surface area contributed by atoms with Gasteiger partial charge in [-0.3, -0.25) is 14.4 Å². The van der Waals surface area contributed by atoms with Crippen molar-refractivity contribution in [1.29, 1.82) is 0 Å². The number of hydrogen-bond acceptors (Lipinski definition) is 6. The molecule has 3 fully saturated rings. The molecule has 0 aliphatic carbocycles. The summed E-state index contributed by atoms with van der Waals surface area (Å²) in [5.41, 5.74) is 0.760.